The summed E-state index contributed by atoms with van der Waals surface area (Å²) in [6.45, 7) is 5.64. The molecule has 0 saturated carbocycles. The summed E-state index contributed by atoms with van der Waals surface area (Å²) < 4.78 is 48.1. The van der Waals surface area contributed by atoms with Crippen LogP contribution in [0.2, 0.25) is 0 Å². The number of hydrogen-bond donors (Lipinski definition) is 1. The average Bonchev–Trinajstić information content (AvgIpc) is 2.97. The predicted molar refractivity (Wildman–Crippen MR) is 160 cm³/mol. The van der Waals surface area contributed by atoms with Crippen LogP contribution in [0, 0.1) is 5.82 Å². The monoisotopic (exact) mass is 601 g/mol. The third-order valence-corrected chi connectivity index (χ3v) is 8.90. The number of anilines is 1. The third-order valence-electron chi connectivity index (χ3n) is 6.37. The molecule has 0 radical (unpaired) electrons. The zero-order valence-corrected chi connectivity index (χ0v) is 25.3. The van der Waals surface area contributed by atoms with Crippen molar-refractivity contribution in [2.24, 2.45) is 0 Å². The van der Waals surface area contributed by atoms with Gasteiger partial charge in [-0.3, -0.25) is 13.9 Å². The van der Waals surface area contributed by atoms with E-state index in [2.05, 4.69) is 5.32 Å². The predicted octanol–water partition coefficient (Wildman–Crippen LogP) is 5.09. The van der Waals surface area contributed by atoms with Crippen LogP contribution in [0.1, 0.15) is 32.8 Å². The zero-order valence-electron chi connectivity index (χ0n) is 23.7. The lowest BCUT2D eigenvalue weighted by Gasteiger charge is -2.33. The number of carbonyl (C=O) groups is 2. The average molecular weight is 602 g/mol. The maximum absolute atomic E-state index is 14.0. The summed E-state index contributed by atoms with van der Waals surface area (Å²) in [7, 11) is -4.19. The van der Waals surface area contributed by atoms with E-state index in [0.717, 1.165) is 9.20 Å². The Morgan fingerprint density at radius 1 is 0.951 bits per heavy atom. The third kappa shape index (κ3) is 8.23. The smallest absolute Gasteiger partial charge is 0.264 e. The summed E-state index contributed by atoms with van der Waals surface area (Å²) in [5.41, 5.74) is 0.870. The minimum absolute atomic E-state index is 0.00562. The van der Waals surface area contributed by atoms with E-state index in [4.69, 9.17) is 4.74 Å². The number of carbonyl (C=O) groups excluding carboxylic acids is 2. The van der Waals surface area contributed by atoms with Gasteiger partial charge in [0.2, 0.25) is 11.8 Å². The van der Waals surface area contributed by atoms with Gasteiger partial charge in [-0.1, -0.05) is 19.1 Å². The molecule has 0 aliphatic rings. The van der Waals surface area contributed by atoms with Gasteiger partial charge in [0.1, 0.15) is 24.2 Å². The van der Waals surface area contributed by atoms with E-state index in [1.807, 2.05) is 13.2 Å². The molecule has 3 rings (SSSR count). The van der Waals surface area contributed by atoms with Crippen molar-refractivity contribution >= 4 is 39.3 Å². The van der Waals surface area contributed by atoms with Crippen LogP contribution in [-0.4, -0.2) is 57.1 Å². The fraction of sp³-hybridized carbons (Fsp3) is 0.333. The number of ether oxygens (including phenoxy) is 1. The first-order valence-corrected chi connectivity index (χ1v) is 16.0. The van der Waals surface area contributed by atoms with Crippen molar-refractivity contribution in [1.29, 1.82) is 0 Å². The summed E-state index contributed by atoms with van der Waals surface area (Å²) >= 11 is 1.48. The molecule has 0 unspecified atom stereocenters. The van der Waals surface area contributed by atoms with Gasteiger partial charge in [0.05, 0.1) is 17.2 Å². The molecule has 0 aromatic heterocycles. The van der Waals surface area contributed by atoms with Crippen LogP contribution in [0.15, 0.2) is 82.6 Å². The van der Waals surface area contributed by atoms with Crippen molar-refractivity contribution in [3.63, 3.8) is 0 Å². The number of halogens is 1. The van der Waals surface area contributed by atoms with Crippen LogP contribution in [0.5, 0.6) is 5.75 Å². The molecule has 41 heavy (non-hydrogen) atoms. The van der Waals surface area contributed by atoms with Gasteiger partial charge in [0.25, 0.3) is 10.0 Å². The van der Waals surface area contributed by atoms with Crippen molar-refractivity contribution < 1.29 is 27.1 Å². The number of nitrogens with one attached hydrogen (secondary N) is 1. The van der Waals surface area contributed by atoms with Gasteiger partial charge in [0.15, 0.2) is 0 Å². The van der Waals surface area contributed by atoms with Gasteiger partial charge < -0.3 is 15.0 Å². The summed E-state index contributed by atoms with van der Waals surface area (Å²) in [5, 5.41) is 2.76. The number of rotatable bonds is 14. The first kappa shape index (κ1) is 32.0. The van der Waals surface area contributed by atoms with Crippen LogP contribution in [-0.2, 0) is 26.2 Å². The summed E-state index contributed by atoms with van der Waals surface area (Å²) in [6, 6.07) is 17.6. The molecule has 3 aromatic rings. The Labute approximate surface area is 245 Å². The molecule has 3 aromatic carbocycles. The van der Waals surface area contributed by atoms with Gasteiger partial charge in [0, 0.05) is 18.0 Å². The zero-order chi connectivity index (χ0) is 30.0. The van der Waals surface area contributed by atoms with Gasteiger partial charge in [-0.2, -0.15) is 0 Å². The minimum atomic E-state index is -4.19. The highest BCUT2D eigenvalue weighted by Crippen LogP contribution is 2.28. The highest BCUT2D eigenvalue weighted by molar-refractivity contribution is 7.98. The van der Waals surface area contributed by atoms with Crippen LogP contribution >= 0.6 is 11.8 Å². The van der Waals surface area contributed by atoms with Gasteiger partial charge >= 0.3 is 0 Å². The summed E-state index contributed by atoms with van der Waals surface area (Å²) in [6.07, 6.45) is 2.19. The lowest BCUT2D eigenvalue weighted by Crippen LogP contribution is -2.52. The molecule has 0 saturated heterocycles. The first-order chi connectivity index (χ1) is 19.6. The Balaban J connectivity index is 2.05. The van der Waals surface area contributed by atoms with Crippen molar-refractivity contribution in [3.8, 4) is 5.75 Å². The highest BCUT2D eigenvalue weighted by Gasteiger charge is 2.33. The molecule has 0 bridgehead atoms. The number of nitrogens with zero attached hydrogens (tertiary/aromatic N) is 2. The van der Waals surface area contributed by atoms with Crippen LogP contribution in [0.3, 0.4) is 0 Å². The Bertz CT molecular complexity index is 1400. The van der Waals surface area contributed by atoms with E-state index < -0.39 is 34.3 Å². The summed E-state index contributed by atoms with van der Waals surface area (Å²) in [4.78, 5) is 29.3. The Hall–Kier alpha value is -3.57. The van der Waals surface area contributed by atoms with Gasteiger partial charge in [-0.15, -0.1) is 11.8 Å². The second-order valence-corrected chi connectivity index (χ2v) is 11.8. The first-order valence-electron chi connectivity index (χ1n) is 13.4. The lowest BCUT2D eigenvalue weighted by atomic mass is 10.1. The molecule has 0 spiro atoms. The van der Waals surface area contributed by atoms with E-state index in [-0.39, 0.29) is 23.0 Å². The molecule has 220 valence electrons. The van der Waals surface area contributed by atoms with E-state index in [1.54, 1.807) is 50.2 Å². The maximum Gasteiger partial charge on any atom is 0.264 e. The van der Waals surface area contributed by atoms with Gasteiger partial charge in [-0.05, 0) is 92.8 Å². The molecule has 1 atom stereocenters. The number of hydrogen-bond acceptors (Lipinski definition) is 6. The maximum atomic E-state index is 14.0. The van der Waals surface area contributed by atoms with Crippen LogP contribution in [0.25, 0.3) is 0 Å². The molecule has 1 N–H and O–H groups in total. The van der Waals surface area contributed by atoms with Gasteiger partial charge in [-0.25, -0.2) is 12.8 Å². The van der Waals surface area contributed by atoms with E-state index in [1.165, 1.54) is 53.1 Å². The number of sulfonamides is 1. The highest BCUT2D eigenvalue weighted by atomic mass is 32.2. The Morgan fingerprint density at radius 2 is 1.59 bits per heavy atom. The number of likely N-dealkylation sites (N-methyl/N-ethyl adjacent to an activating group) is 1. The van der Waals surface area contributed by atoms with E-state index in [0.29, 0.717) is 30.9 Å². The SMILES string of the molecule is CCNC(=O)[C@H](CC)N(Cc1ccc(F)cc1)C(=O)CN(c1ccc(OCC)cc1)S(=O)(=O)c1ccc(SC)cc1. The van der Waals surface area contributed by atoms with Crippen LogP contribution < -0.4 is 14.4 Å². The molecule has 8 nitrogen and oxygen atoms in total. The Kier molecular flexibility index (Phi) is 11.6. The second kappa shape index (κ2) is 14.9. The topological polar surface area (TPSA) is 96.0 Å². The van der Waals surface area contributed by atoms with Crippen molar-refractivity contribution in [2.75, 3.05) is 30.3 Å². The molecule has 0 heterocycles. The molecule has 0 fully saturated rings. The normalized spacial score (nSPS) is 11.9. The largest absolute Gasteiger partial charge is 0.494 e. The number of amides is 2. The molecular formula is C30H36FN3O5S2. The standard InChI is InChI=1S/C30H36FN3O5S2/c1-5-28(30(36)32-6-2)33(20-22-8-10-23(31)11-9-22)29(35)21-34(24-12-14-25(15-13-24)39-7-3)41(37,38)27-18-16-26(40-4)17-19-27/h8-19,28H,5-7,20-21H2,1-4H3,(H,32,36)/t28-/m0/s1. The molecule has 2 amide bonds. The van der Waals surface area contributed by atoms with E-state index >= 15 is 0 Å². The quantitative estimate of drug-likeness (QED) is 0.259. The fourth-order valence-electron chi connectivity index (χ4n) is 4.28. The van der Waals surface area contributed by atoms with Crippen molar-refractivity contribution in [1.82, 2.24) is 10.2 Å². The van der Waals surface area contributed by atoms with Crippen molar-refractivity contribution in [2.45, 2.75) is 49.6 Å². The minimum Gasteiger partial charge on any atom is -0.494 e. The molecule has 0 aliphatic carbocycles. The van der Waals surface area contributed by atoms with Crippen LogP contribution in [0.4, 0.5) is 10.1 Å². The molecular weight excluding hydrogens is 565 g/mol. The molecule has 11 heteroatoms. The lowest BCUT2D eigenvalue weighted by molar-refractivity contribution is -0.140. The fourth-order valence-corrected chi connectivity index (χ4v) is 6.10. The summed E-state index contributed by atoms with van der Waals surface area (Å²) in [5.74, 6) is -0.800. The second-order valence-electron chi connectivity index (χ2n) is 9.08. The van der Waals surface area contributed by atoms with Crippen molar-refractivity contribution in [3.05, 3.63) is 84.2 Å². The van der Waals surface area contributed by atoms with E-state index in [9.17, 15) is 22.4 Å². The Morgan fingerprint density at radius 3 is 2.12 bits per heavy atom. The number of benzene rings is 3. The number of thioether (sulfide) groups is 1. The molecule has 0 aliphatic heterocycles.